The molecule has 24 heavy (non-hydrogen) atoms. The molecule has 0 amide bonds. The molecule has 0 saturated carbocycles. The van der Waals surface area contributed by atoms with Gasteiger partial charge in [-0.15, -0.1) is 24.0 Å². The lowest BCUT2D eigenvalue weighted by Gasteiger charge is -2.31. The van der Waals surface area contributed by atoms with Gasteiger partial charge in [-0.3, -0.25) is 0 Å². The van der Waals surface area contributed by atoms with Crippen LogP contribution in [0.25, 0.3) is 0 Å². The Hall–Kier alpha value is -0.870. The van der Waals surface area contributed by atoms with E-state index in [2.05, 4.69) is 16.8 Å². The Morgan fingerprint density at radius 1 is 1.25 bits per heavy atom. The maximum absolute atomic E-state index is 12.0. The van der Waals surface area contributed by atoms with Gasteiger partial charge < -0.3 is 10.6 Å². The summed E-state index contributed by atoms with van der Waals surface area (Å²) in [6, 6.07) is 6.79. The Morgan fingerprint density at radius 2 is 1.79 bits per heavy atom. The highest BCUT2D eigenvalue weighted by molar-refractivity contribution is 14.0. The molecule has 1 aliphatic heterocycles. The number of hydrogen-bond donors (Lipinski definition) is 1. The molecule has 1 saturated heterocycles. The lowest BCUT2D eigenvalue weighted by molar-refractivity contribution is 0.277. The van der Waals surface area contributed by atoms with Gasteiger partial charge in [0.2, 0.25) is 10.0 Å². The largest absolute Gasteiger partial charge is 0.370 e. The fraction of sp³-hybridized carbons (Fsp3) is 0.562. The van der Waals surface area contributed by atoms with Crippen LogP contribution in [0.15, 0.2) is 34.2 Å². The Balaban J connectivity index is 0.00000288. The number of guanidine groups is 1. The molecular formula is C16H27IN4O2S. The second-order valence-electron chi connectivity index (χ2n) is 6.28. The molecule has 0 spiro atoms. The smallest absolute Gasteiger partial charge is 0.242 e. The highest BCUT2D eigenvalue weighted by atomic mass is 127. The van der Waals surface area contributed by atoms with Crippen LogP contribution in [0.1, 0.15) is 25.3 Å². The van der Waals surface area contributed by atoms with Crippen LogP contribution in [0.3, 0.4) is 0 Å². The lowest BCUT2D eigenvalue weighted by Crippen LogP contribution is -2.42. The zero-order chi connectivity index (χ0) is 17.0. The highest BCUT2D eigenvalue weighted by Gasteiger charge is 2.18. The zero-order valence-electron chi connectivity index (χ0n) is 14.5. The van der Waals surface area contributed by atoms with Gasteiger partial charge in [-0.2, -0.15) is 0 Å². The summed E-state index contributed by atoms with van der Waals surface area (Å²) in [6.07, 6.45) is 2.29. The van der Waals surface area contributed by atoms with E-state index in [1.165, 1.54) is 18.4 Å². The molecule has 0 radical (unpaired) electrons. The number of rotatable bonds is 4. The average molecular weight is 466 g/mol. The van der Waals surface area contributed by atoms with Gasteiger partial charge in [0.1, 0.15) is 0 Å². The van der Waals surface area contributed by atoms with Gasteiger partial charge in [0, 0.05) is 27.2 Å². The van der Waals surface area contributed by atoms with Crippen molar-refractivity contribution in [3.05, 3.63) is 29.8 Å². The molecule has 6 nitrogen and oxygen atoms in total. The van der Waals surface area contributed by atoms with E-state index >= 15 is 0 Å². The van der Waals surface area contributed by atoms with Gasteiger partial charge in [-0.1, -0.05) is 19.1 Å². The molecule has 1 aromatic rings. The van der Waals surface area contributed by atoms with Crippen LogP contribution in [-0.2, 0) is 16.6 Å². The normalized spacial score (nSPS) is 17.0. The summed E-state index contributed by atoms with van der Waals surface area (Å²) < 4.78 is 25.2. The third-order valence-electron chi connectivity index (χ3n) is 4.23. The minimum absolute atomic E-state index is 0. The Bertz CT molecular complexity index is 651. The monoisotopic (exact) mass is 466 g/mol. The summed E-state index contributed by atoms with van der Waals surface area (Å²) in [5, 5.41) is 0. The van der Waals surface area contributed by atoms with E-state index in [4.69, 9.17) is 5.73 Å². The minimum atomic E-state index is -3.38. The van der Waals surface area contributed by atoms with E-state index in [1.807, 2.05) is 0 Å². The Kier molecular flexibility index (Phi) is 7.94. The summed E-state index contributed by atoms with van der Waals surface area (Å²) in [5.41, 5.74) is 6.99. The summed E-state index contributed by atoms with van der Waals surface area (Å²) >= 11 is 0. The number of nitrogens with two attached hydrogens (primary N) is 1. The number of hydrogen-bond acceptors (Lipinski definition) is 3. The first-order chi connectivity index (χ1) is 10.8. The number of piperidine rings is 1. The first-order valence-electron chi connectivity index (χ1n) is 7.87. The molecule has 2 rings (SSSR count). The Morgan fingerprint density at radius 3 is 2.29 bits per heavy atom. The molecule has 0 aromatic heterocycles. The SMILES string of the molecule is CC1CCN(C(N)=NCc2ccc(S(=O)(=O)N(C)C)cc2)CC1.I. The van der Waals surface area contributed by atoms with Crippen LogP contribution in [0.2, 0.25) is 0 Å². The second-order valence-corrected chi connectivity index (χ2v) is 8.43. The highest BCUT2D eigenvalue weighted by Crippen LogP contribution is 2.16. The van der Waals surface area contributed by atoms with Crippen molar-refractivity contribution in [3.8, 4) is 0 Å². The number of halogens is 1. The van der Waals surface area contributed by atoms with Crippen LogP contribution in [0.4, 0.5) is 0 Å². The third kappa shape index (κ3) is 5.32. The fourth-order valence-electron chi connectivity index (χ4n) is 2.49. The number of likely N-dealkylation sites (tertiary alicyclic amines) is 1. The maximum atomic E-state index is 12.0. The van der Waals surface area contributed by atoms with Crippen molar-refractivity contribution in [1.82, 2.24) is 9.21 Å². The van der Waals surface area contributed by atoms with Gasteiger partial charge in [0.25, 0.3) is 0 Å². The average Bonchev–Trinajstić information content (AvgIpc) is 2.53. The first-order valence-corrected chi connectivity index (χ1v) is 9.31. The van der Waals surface area contributed by atoms with Crippen molar-refractivity contribution in [3.63, 3.8) is 0 Å². The molecule has 8 heteroatoms. The number of benzene rings is 1. The van der Waals surface area contributed by atoms with Gasteiger partial charge in [0.15, 0.2) is 5.96 Å². The standard InChI is InChI=1S/C16H26N4O2S.HI/c1-13-8-10-20(11-9-13)16(17)18-12-14-4-6-15(7-5-14)23(21,22)19(2)3;/h4-7,13H,8-12H2,1-3H3,(H2,17,18);1H. The quantitative estimate of drug-likeness (QED) is 0.419. The number of sulfonamides is 1. The summed E-state index contributed by atoms with van der Waals surface area (Å²) in [4.78, 5) is 6.83. The van der Waals surface area contributed by atoms with Crippen LogP contribution < -0.4 is 5.73 Å². The molecule has 1 aliphatic rings. The van der Waals surface area contributed by atoms with Crippen molar-refractivity contribution in [2.75, 3.05) is 27.2 Å². The molecule has 0 bridgehead atoms. The van der Waals surface area contributed by atoms with Crippen molar-refractivity contribution >= 4 is 40.0 Å². The Labute approximate surface area is 162 Å². The molecule has 1 heterocycles. The topological polar surface area (TPSA) is 79.0 Å². The molecular weight excluding hydrogens is 439 g/mol. The predicted molar refractivity (Wildman–Crippen MR) is 108 cm³/mol. The molecule has 2 N–H and O–H groups in total. The van der Waals surface area contributed by atoms with E-state index in [9.17, 15) is 8.42 Å². The van der Waals surface area contributed by atoms with E-state index in [0.29, 0.717) is 12.5 Å². The molecule has 0 unspecified atom stereocenters. The summed E-state index contributed by atoms with van der Waals surface area (Å²) in [5.74, 6) is 1.33. The van der Waals surface area contributed by atoms with Crippen molar-refractivity contribution < 1.29 is 8.42 Å². The zero-order valence-corrected chi connectivity index (χ0v) is 17.6. The lowest BCUT2D eigenvalue weighted by atomic mass is 10.00. The second kappa shape index (κ2) is 9.00. The summed E-state index contributed by atoms with van der Waals surface area (Å²) in [7, 11) is -0.340. The first kappa shape index (κ1) is 21.2. The molecule has 0 atom stereocenters. The van der Waals surface area contributed by atoms with Gasteiger partial charge in [0.05, 0.1) is 11.4 Å². The third-order valence-corrected chi connectivity index (χ3v) is 6.06. The van der Waals surface area contributed by atoms with E-state index in [-0.39, 0.29) is 28.9 Å². The molecule has 1 aromatic carbocycles. The van der Waals surface area contributed by atoms with Crippen molar-refractivity contribution in [2.45, 2.75) is 31.2 Å². The predicted octanol–water partition coefficient (Wildman–Crippen LogP) is 2.10. The minimum Gasteiger partial charge on any atom is -0.370 e. The van der Waals surface area contributed by atoms with Crippen LogP contribution >= 0.6 is 24.0 Å². The van der Waals surface area contributed by atoms with E-state index in [1.54, 1.807) is 24.3 Å². The van der Waals surface area contributed by atoms with Crippen LogP contribution in [0, 0.1) is 5.92 Å². The summed E-state index contributed by atoms with van der Waals surface area (Å²) in [6.45, 7) is 4.63. The number of nitrogens with zero attached hydrogens (tertiary/aromatic N) is 3. The van der Waals surface area contributed by atoms with Crippen molar-refractivity contribution in [1.29, 1.82) is 0 Å². The maximum Gasteiger partial charge on any atom is 0.242 e. The van der Waals surface area contributed by atoms with Crippen LogP contribution in [0.5, 0.6) is 0 Å². The van der Waals surface area contributed by atoms with E-state index in [0.717, 1.165) is 37.4 Å². The van der Waals surface area contributed by atoms with Crippen molar-refractivity contribution in [2.24, 2.45) is 16.6 Å². The van der Waals surface area contributed by atoms with Gasteiger partial charge in [-0.05, 0) is 36.5 Å². The molecule has 136 valence electrons. The van der Waals surface area contributed by atoms with E-state index < -0.39 is 10.0 Å². The molecule has 0 aliphatic carbocycles. The van der Waals surface area contributed by atoms with Gasteiger partial charge in [-0.25, -0.2) is 17.7 Å². The molecule has 1 fully saturated rings. The van der Waals surface area contributed by atoms with Gasteiger partial charge >= 0.3 is 0 Å². The fourth-order valence-corrected chi connectivity index (χ4v) is 3.39. The number of aliphatic imine (C=N–C) groups is 1. The van der Waals surface area contributed by atoms with Crippen LogP contribution in [-0.4, -0.2) is 50.8 Å².